The fraction of sp³-hybridized carbons (Fsp3) is 0.414. The zero-order chi connectivity index (χ0) is 23.6. The third-order valence-electron chi connectivity index (χ3n) is 8.23. The molecule has 1 aromatic heterocycles. The Morgan fingerprint density at radius 1 is 1.09 bits per heavy atom. The Labute approximate surface area is 201 Å². The van der Waals surface area contributed by atoms with E-state index in [0.29, 0.717) is 5.69 Å². The van der Waals surface area contributed by atoms with Crippen molar-refractivity contribution in [3.63, 3.8) is 0 Å². The number of hydrogen-bond acceptors (Lipinski definition) is 4. The number of ketones is 1. The van der Waals surface area contributed by atoms with Crippen molar-refractivity contribution in [1.29, 1.82) is 0 Å². The monoisotopic (exact) mass is 452 g/mol. The van der Waals surface area contributed by atoms with Crippen LogP contribution in [0.15, 0.2) is 30.3 Å². The van der Waals surface area contributed by atoms with E-state index in [1.54, 1.807) is 0 Å². The number of benzene rings is 2. The van der Waals surface area contributed by atoms with Crippen LogP contribution < -0.4 is 10.6 Å². The number of fused-ring (bicyclic) bond motifs is 4. The Balaban J connectivity index is 1.45. The summed E-state index contributed by atoms with van der Waals surface area (Å²) in [4.78, 5) is 22.5. The maximum absolute atomic E-state index is 13.8. The van der Waals surface area contributed by atoms with Gasteiger partial charge in [-0.05, 0) is 49.6 Å². The van der Waals surface area contributed by atoms with Crippen molar-refractivity contribution in [3.8, 4) is 11.8 Å². The summed E-state index contributed by atoms with van der Waals surface area (Å²) in [6, 6.07) is 10.8. The molecule has 5 nitrogen and oxygen atoms in total. The number of H-pyrrole nitrogens is 1. The molecule has 174 valence electrons. The van der Waals surface area contributed by atoms with E-state index in [1.807, 2.05) is 31.2 Å². The van der Waals surface area contributed by atoms with Crippen LogP contribution in [0, 0.1) is 11.8 Å². The molecular weight excluding hydrogens is 420 g/mol. The summed E-state index contributed by atoms with van der Waals surface area (Å²) in [5, 5.41) is 0.937. The average molecular weight is 453 g/mol. The molecule has 1 saturated heterocycles. The number of piperazine rings is 1. The van der Waals surface area contributed by atoms with Crippen molar-refractivity contribution in [2.45, 2.75) is 51.5 Å². The smallest absolute Gasteiger partial charge is 0.195 e. The van der Waals surface area contributed by atoms with Crippen LogP contribution >= 0.6 is 0 Å². The van der Waals surface area contributed by atoms with E-state index in [1.165, 1.54) is 19.3 Å². The molecular formula is C29H32N4O. The van der Waals surface area contributed by atoms with Crippen molar-refractivity contribution in [2.75, 3.05) is 36.8 Å². The van der Waals surface area contributed by atoms with Crippen molar-refractivity contribution in [1.82, 2.24) is 9.88 Å². The number of rotatable bonds is 2. The predicted molar refractivity (Wildman–Crippen MR) is 139 cm³/mol. The van der Waals surface area contributed by atoms with Crippen molar-refractivity contribution in [2.24, 2.45) is 0 Å². The van der Waals surface area contributed by atoms with Crippen molar-refractivity contribution < 1.29 is 4.79 Å². The molecule has 0 atom stereocenters. The van der Waals surface area contributed by atoms with Gasteiger partial charge in [-0.2, -0.15) is 0 Å². The summed E-state index contributed by atoms with van der Waals surface area (Å²) >= 11 is 0. The zero-order valence-electron chi connectivity index (χ0n) is 20.3. The van der Waals surface area contributed by atoms with Crippen LogP contribution in [0.5, 0.6) is 0 Å². The molecule has 34 heavy (non-hydrogen) atoms. The Morgan fingerprint density at radius 2 is 1.85 bits per heavy atom. The standard InChI is InChI=1S/C29H32N4O/c1-4-6-18-15-22-23(17-25(18)33-13-11-32(12-14-33)20-7-5-8-20)29(2,3)28-26(27(22)34)21-10-9-19(30)16-24(21)31-28/h9-10,15-17,20,31H,5,7-8,11-14,30H2,1-3H3. The molecule has 0 bridgehead atoms. The average Bonchev–Trinajstić information content (AvgIpc) is 3.17. The lowest BCUT2D eigenvalue weighted by Gasteiger charge is -2.44. The van der Waals surface area contributed by atoms with Gasteiger partial charge in [-0.1, -0.05) is 32.3 Å². The first-order chi connectivity index (χ1) is 16.4. The number of nitrogens with one attached hydrogen (secondary N) is 1. The Hall–Kier alpha value is -3.23. The zero-order valence-corrected chi connectivity index (χ0v) is 20.3. The Kier molecular flexibility index (Phi) is 4.79. The second-order valence-electron chi connectivity index (χ2n) is 10.5. The highest BCUT2D eigenvalue weighted by atomic mass is 16.1. The van der Waals surface area contributed by atoms with Gasteiger partial charge in [0.1, 0.15) is 0 Å². The van der Waals surface area contributed by atoms with Gasteiger partial charge in [0.25, 0.3) is 0 Å². The lowest BCUT2D eigenvalue weighted by atomic mass is 9.70. The number of aromatic amines is 1. The molecule has 3 aliphatic rings. The highest BCUT2D eigenvalue weighted by Crippen LogP contribution is 2.45. The molecule has 3 aromatic rings. The second-order valence-corrected chi connectivity index (χ2v) is 10.5. The summed E-state index contributed by atoms with van der Waals surface area (Å²) in [5.74, 6) is 6.46. The first kappa shape index (κ1) is 21.3. The van der Waals surface area contributed by atoms with E-state index in [-0.39, 0.29) is 11.2 Å². The normalized spacial score (nSPS) is 19.9. The topological polar surface area (TPSA) is 65.4 Å². The summed E-state index contributed by atoms with van der Waals surface area (Å²) in [5.41, 5.74) is 13.0. The number of nitrogens with two attached hydrogens (primary N) is 1. The molecule has 3 N–H and O–H groups in total. The molecule has 5 heteroatoms. The van der Waals surface area contributed by atoms with Gasteiger partial charge in [0.2, 0.25) is 0 Å². The molecule has 2 aromatic carbocycles. The largest absolute Gasteiger partial charge is 0.399 e. The minimum Gasteiger partial charge on any atom is -0.399 e. The number of anilines is 2. The van der Waals surface area contributed by atoms with Crippen LogP contribution in [0.4, 0.5) is 11.4 Å². The van der Waals surface area contributed by atoms with Gasteiger partial charge in [-0.25, -0.2) is 0 Å². The third-order valence-corrected chi connectivity index (χ3v) is 8.23. The molecule has 2 aliphatic carbocycles. The van der Waals surface area contributed by atoms with E-state index in [4.69, 9.17) is 5.73 Å². The molecule has 1 aliphatic heterocycles. The van der Waals surface area contributed by atoms with Crippen molar-refractivity contribution >= 4 is 28.1 Å². The number of aromatic nitrogens is 1. The molecule has 0 amide bonds. The number of nitrogens with zero attached hydrogens (tertiary/aromatic N) is 2. The van der Waals surface area contributed by atoms with Crippen LogP contribution in [-0.4, -0.2) is 47.9 Å². The lowest BCUT2D eigenvalue weighted by Crippen LogP contribution is -2.52. The van der Waals surface area contributed by atoms with Gasteiger partial charge in [-0.15, -0.1) is 5.92 Å². The molecule has 0 radical (unpaired) electrons. The first-order valence-electron chi connectivity index (χ1n) is 12.4. The van der Waals surface area contributed by atoms with Crippen LogP contribution in [0.1, 0.15) is 72.8 Å². The Morgan fingerprint density at radius 3 is 2.53 bits per heavy atom. The minimum atomic E-state index is -0.340. The summed E-state index contributed by atoms with van der Waals surface area (Å²) in [6.45, 7) is 10.5. The van der Waals surface area contributed by atoms with Gasteiger partial charge in [0.05, 0.1) is 11.3 Å². The van der Waals surface area contributed by atoms with Crippen LogP contribution in [0.3, 0.4) is 0 Å². The van der Waals surface area contributed by atoms with E-state index >= 15 is 0 Å². The maximum Gasteiger partial charge on any atom is 0.195 e. The minimum absolute atomic E-state index is 0.0702. The number of carbonyl (C=O) groups excluding carboxylic acids is 1. The van der Waals surface area contributed by atoms with Crippen LogP contribution in [0.25, 0.3) is 10.9 Å². The molecule has 0 unspecified atom stereocenters. The van der Waals surface area contributed by atoms with E-state index < -0.39 is 0 Å². The molecule has 0 spiro atoms. The van der Waals surface area contributed by atoms with Gasteiger partial charge in [-0.3, -0.25) is 9.69 Å². The molecule has 1 saturated carbocycles. The number of nitrogen functional groups attached to an aromatic ring is 1. The van der Waals surface area contributed by atoms with Crippen molar-refractivity contribution in [3.05, 3.63) is 58.3 Å². The molecule has 2 heterocycles. The summed E-state index contributed by atoms with van der Waals surface area (Å²) in [7, 11) is 0. The summed E-state index contributed by atoms with van der Waals surface area (Å²) < 4.78 is 0. The predicted octanol–water partition coefficient (Wildman–Crippen LogP) is 4.67. The Bertz CT molecular complexity index is 1370. The third kappa shape index (κ3) is 3.09. The molecule has 6 rings (SSSR count). The lowest BCUT2D eigenvalue weighted by molar-refractivity contribution is 0.103. The highest BCUT2D eigenvalue weighted by molar-refractivity contribution is 6.20. The van der Waals surface area contributed by atoms with E-state index in [0.717, 1.165) is 76.8 Å². The maximum atomic E-state index is 13.8. The molecule has 2 fully saturated rings. The van der Waals surface area contributed by atoms with Crippen LogP contribution in [0.2, 0.25) is 0 Å². The number of carbonyl (C=O) groups is 1. The van der Waals surface area contributed by atoms with Gasteiger partial charge in [0.15, 0.2) is 5.78 Å². The van der Waals surface area contributed by atoms with Gasteiger partial charge < -0.3 is 15.6 Å². The van der Waals surface area contributed by atoms with E-state index in [9.17, 15) is 4.79 Å². The SMILES string of the molecule is CC#Cc1cc2c(cc1N1CCN(C3CCC3)CC1)C(C)(C)c1[nH]c3cc(N)ccc3c1C2=O. The highest BCUT2D eigenvalue weighted by Gasteiger charge is 2.41. The van der Waals surface area contributed by atoms with E-state index in [2.05, 4.69) is 46.5 Å². The number of hydrogen-bond donors (Lipinski definition) is 2. The quantitative estimate of drug-likeness (QED) is 0.438. The summed E-state index contributed by atoms with van der Waals surface area (Å²) in [6.07, 6.45) is 4.07. The fourth-order valence-corrected chi connectivity index (χ4v) is 6.06. The van der Waals surface area contributed by atoms with Crippen LogP contribution in [-0.2, 0) is 5.41 Å². The van der Waals surface area contributed by atoms with Gasteiger partial charge in [0, 0.05) is 71.0 Å². The fourth-order valence-electron chi connectivity index (χ4n) is 6.06. The second kappa shape index (κ2) is 7.65. The van der Waals surface area contributed by atoms with Gasteiger partial charge >= 0.3 is 0 Å². The first-order valence-corrected chi connectivity index (χ1v) is 12.4.